The molecule has 1 aromatic rings. The summed E-state index contributed by atoms with van der Waals surface area (Å²) in [5.41, 5.74) is -1.07. The highest BCUT2D eigenvalue weighted by atomic mass is 19.4. The SMILES string of the molecule is FC(F)C1CN(c2cc(C(F)(F)F)ncn2)C1. The quantitative estimate of drug-likeness (QED) is 0.756. The summed E-state index contributed by atoms with van der Waals surface area (Å²) in [5.74, 6) is -0.761. The Morgan fingerprint density at radius 2 is 1.88 bits per heavy atom. The van der Waals surface area contributed by atoms with Gasteiger partial charge in [-0.05, 0) is 0 Å². The van der Waals surface area contributed by atoms with Crippen LogP contribution >= 0.6 is 0 Å². The van der Waals surface area contributed by atoms with Gasteiger partial charge in [0, 0.05) is 19.2 Å². The Hall–Kier alpha value is -1.47. The smallest absolute Gasteiger partial charge is 0.355 e. The Bertz CT molecular complexity index is 400. The molecule has 94 valence electrons. The maximum absolute atomic E-state index is 12.3. The highest BCUT2D eigenvalue weighted by Crippen LogP contribution is 2.31. The van der Waals surface area contributed by atoms with Crippen LogP contribution in [-0.4, -0.2) is 29.5 Å². The van der Waals surface area contributed by atoms with Crippen LogP contribution < -0.4 is 4.90 Å². The second-order valence-electron chi connectivity index (χ2n) is 3.76. The van der Waals surface area contributed by atoms with Crippen LogP contribution in [0.4, 0.5) is 27.8 Å². The van der Waals surface area contributed by atoms with Crippen molar-refractivity contribution >= 4 is 5.82 Å². The minimum absolute atomic E-state index is 0.0198. The number of rotatable bonds is 2. The third kappa shape index (κ3) is 2.45. The molecule has 0 spiro atoms. The minimum atomic E-state index is -4.55. The number of halogens is 5. The molecular formula is C9H8F5N3. The summed E-state index contributed by atoms with van der Waals surface area (Å²) in [5, 5.41) is 0. The van der Waals surface area contributed by atoms with E-state index in [0.29, 0.717) is 0 Å². The molecule has 0 aliphatic carbocycles. The molecule has 1 saturated heterocycles. The molecule has 0 atom stereocenters. The second kappa shape index (κ2) is 4.08. The van der Waals surface area contributed by atoms with E-state index in [1.807, 2.05) is 0 Å². The van der Waals surface area contributed by atoms with Gasteiger partial charge in [0.15, 0.2) is 0 Å². The first-order valence-electron chi connectivity index (χ1n) is 4.80. The van der Waals surface area contributed by atoms with Crippen molar-refractivity contribution in [1.82, 2.24) is 9.97 Å². The fraction of sp³-hybridized carbons (Fsp3) is 0.556. The van der Waals surface area contributed by atoms with Crippen molar-refractivity contribution in [2.75, 3.05) is 18.0 Å². The van der Waals surface area contributed by atoms with Crippen LogP contribution in [0.1, 0.15) is 5.69 Å². The van der Waals surface area contributed by atoms with Gasteiger partial charge in [-0.25, -0.2) is 18.7 Å². The number of hydrogen-bond acceptors (Lipinski definition) is 3. The molecule has 1 fully saturated rings. The molecule has 0 N–H and O–H groups in total. The summed E-state index contributed by atoms with van der Waals surface area (Å²) in [7, 11) is 0. The van der Waals surface area contributed by atoms with Crippen LogP contribution in [0.5, 0.6) is 0 Å². The van der Waals surface area contributed by atoms with Crippen LogP contribution in [0, 0.1) is 5.92 Å². The zero-order valence-corrected chi connectivity index (χ0v) is 8.46. The van der Waals surface area contributed by atoms with Crippen LogP contribution in [0.3, 0.4) is 0 Å². The van der Waals surface area contributed by atoms with Crippen LogP contribution in [0.25, 0.3) is 0 Å². The molecule has 1 aromatic heterocycles. The van der Waals surface area contributed by atoms with Gasteiger partial charge in [0.05, 0.1) is 5.92 Å². The van der Waals surface area contributed by atoms with Crippen molar-refractivity contribution in [3.8, 4) is 0 Å². The lowest BCUT2D eigenvalue weighted by molar-refractivity contribution is -0.141. The summed E-state index contributed by atoms with van der Waals surface area (Å²) in [6, 6.07) is 0.766. The molecule has 17 heavy (non-hydrogen) atoms. The Labute approximate surface area is 93.3 Å². The van der Waals surface area contributed by atoms with E-state index >= 15 is 0 Å². The maximum atomic E-state index is 12.3. The summed E-state index contributed by atoms with van der Waals surface area (Å²) in [6.45, 7) is 0.0396. The van der Waals surface area contributed by atoms with Gasteiger partial charge in [-0.1, -0.05) is 0 Å². The lowest BCUT2D eigenvalue weighted by Crippen LogP contribution is -2.50. The number of hydrogen-bond donors (Lipinski definition) is 0. The van der Waals surface area contributed by atoms with Gasteiger partial charge in [0.2, 0.25) is 6.43 Å². The van der Waals surface area contributed by atoms with Crippen LogP contribution in [-0.2, 0) is 6.18 Å². The second-order valence-corrected chi connectivity index (χ2v) is 3.76. The fourth-order valence-corrected chi connectivity index (χ4v) is 1.53. The number of alkyl halides is 5. The highest BCUT2D eigenvalue weighted by Gasteiger charge is 2.37. The van der Waals surface area contributed by atoms with Crippen molar-refractivity contribution in [3.63, 3.8) is 0 Å². The van der Waals surface area contributed by atoms with E-state index in [1.54, 1.807) is 0 Å². The first-order valence-corrected chi connectivity index (χ1v) is 4.80. The molecule has 0 amide bonds. The predicted molar refractivity (Wildman–Crippen MR) is 48.7 cm³/mol. The summed E-state index contributed by atoms with van der Waals surface area (Å²) >= 11 is 0. The lowest BCUT2D eigenvalue weighted by Gasteiger charge is -2.39. The van der Waals surface area contributed by atoms with Gasteiger partial charge in [-0.15, -0.1) is 0 Å². The zero-order chi connectivity index (χ0) is 12.6. The van der Waals surface area contributed by atoms with E-state index in [2.05, 4.69) is 9.97 Å². The molecule has 0 bridgehead atoms. The Morgan fingerprint density at radius 1 is 1.24 bits per heavy atom. The van der Waals surface area contributed by atoms with Crippen LogP contribution in [0.2, 0.25) is 0 Å². The van der Waals surface area contributed by atoms with Gasteiger partial charge in [-0.2, -0.15) is 13.2 Å². The molecule has 8 heteroatoms. The van der Waals surface area contributed by atoms with Crippen molar-refractivity contribution < 1.29 is 22.0 Å². The van der Waals surface area contributed by atoms with E-state index < -0.39 is 24.2 Å². The topological polar surface area (TPSA) is 29.0 Å². The van der Waals surface area contributed by atoms with E-state index in [0.717, 1.165) is 12.4 Å². The van der Waals surface area contributed by atoms with Gasteiger partial charge >= 0.3 is 6.18 Å². The normalized spacial score (nSPS) is 17.4. The Morgan fingerprint density at radius 3 is 2.41 bits per heavy atom. The third-order valence-electron chi connectivity index (χ3n) is 2.53. The van der Waals surface area contributed by atoms with Gasteiger partial charge < -0.3 is 4.90 Å². The molecule has 2 heterocycles. The number of aromatic nitrogens is 2. The van der Waals surface area contributed by atoms with E-state index in [9.17, 15) is 22.0 Å². The zero-order valence-electron chi connectivity index (χ0n) is 8.46. The average molecular weight is 253 g/mol. The number of nitrogens with zero attached hydrogens (tertiary/aromatic N) is 3. The molecular weight excluding hydrogens is 245 g/mol. The molecule has 3 nitrogen and oxygen atoms in total. The molecule has 0 aromatic carbocycles. The molecule has 0 radical (unpaired) electrons. The number of anilines is 1. The maximum Gasteiger partial charge on any atom is 0.433 e. The van der Waals surface area contributed by atoms with E-state index in [-0.39, 0.29) is 18.9 Å². The van der Waals surface area contributed by atoms with Crippen molar-refractivity contribution in [1.29, 1.82) is 0 Å². The molecule has 0 unspecified atom stereocenters. The van der Waals surface area contributed by atoms with Crippen LogP contribution in [0.15, 0.2) is 12.4 Å². The fourth-order valence-electron chi connectivity index (χ4n) is 1.53. The minimum Gasteiger partial charge on any atom is -0.355 e. The van der Waals surface area contributed by atoms with Gasteiger partial charge in [0.25, 0.3) is 0 Å². The van der Waals surface area contributed by atoms with Crippen molar-refractivity contribution in [2.45, 2.75) is 12.6 Å². The van der Waals surface area contributed by atoms with Crippen molar-refractivity contribution in [3.05, 3.63) is 18.1 Å². The van der Waals surface area contributed by atoms with E-state index in [1.165, 1.54) is 4.90 Å². The monoisotopic (exact) mass is 253 g/mol. The summed E-state index contributed by atoms with van der Waals surface area (Å²) in [4.78, 5) is 8.10. The van der Waals surface area contributed by atoms with Crippen molar-refractivity contribution in [2.24, 2.45) is 5.92 Å². The van der Waals surface area contributed by atoms with E-state index in [4.69, 9.17) is 0 Å². The molecule has 1 aliphatic heterocycles. The molecule has 0 saturated carbocycles. The standard InChI is InChI=1S/C9H8F5N3/c10-8(11)5-2-17(3-5)7-1-6(9(12,13)14)15-4-16-7/h1,4-5,8H,2-3H2. The summed E-state index contributed by atoms with van der Waals surface area (Å²) in [6.07, 6.45) is -6.21. The molecule has 2 rings (SSSR count). The molecule has 1 aliphatic rings. The van der Waals surface area contributed by atoms with Gasteiger partial charge in [-0.3, -0.25) is 0 Å². The highest BCUT2D eigenvalue weighted by molar-refractivity contribution is 5.42. The lowest BCUT2D eigenvalue weighted by atomic mass is 10.0. The Kier molecular flexibility index (Phi) is 2.88. The van der Waals surface area contributed by atoms with Gasteiger partial charge in [0.1, 0.15) is 17.8 Å². The first-order chi connectivity index (χ1) is 7.88. The first kappa shape index (κ1) is 12.0. The Balaban J connectivity index is 2.09. The third-order valence-corrected chi connectivity index (χ3v) is 2.53. The predicted octanol–water partition coefficient (Wildman–Crippen LogP) is 2.20. The summed E-state index contributed by atoms with van der Waals surface area (Å²) < 4.78 is 61.4. The average Bonchev–Trinajstić information content (AvgIpc) is 2.13. The largest absolute Gasteiger partial charge is 0.433 e.